The summed E-state index contributed by atoms with van der Waals surface area (Å²) in [7, 11) is -4.64. The Morgan fingerprint density at radius 1 is 0.867 bits per heavy atom. The highest BCUT2D eigenvalue weighted by Gasteiger charge is 2.74. The number of fused-ring (bicyclic) bond motifs is 3. The summed E-state index contributed by atoms with van der Waals surface area (Å²) < 4.78 is 138. The SMILES string of the molecule is C[C@@H]1CN(C(=O)[C@H]2CC[C@H](C(=O)O)CC2)C2CCc3cc(C(F)(C(F)(F)F)C(F)(F)F)ccc3C21S(=O)(=O)c1ccc(F)cc1. The number of alkyl halides is 7. The van der Waals surface area contributed by atoms with Gasteiger partial charge >= 0.3 is 24.0 Å². The van der Waals surface area contributed by atoms with E-state index in [9.17, 15) is 53.8 Å². The summed E-state index contributed by atoms with van der Waals surface area (Å²) in [6, 6.07) is 4.09. The number of amides is 1. The van der Waals surface area contributed by atoms with Crippen LogP contribution in [0.2, 0.25) is 0 Å². The van der Waals surface area contributed by atoms with Crippen molar-refractivity contribution in [3.05, 3.63) is 65.0 Å². The number of benzene rings is 2. The van der Waals surface area contributed by atoms with Crippen molar-refractivity contribution in [2.45, 2.75) is 79.2 Å². The van der Waals surface area contributed by atoms with Gasteiger partial charge in [0.15, 0.2) is 9.84 Å². The number of nitrogens with zero attached hydrogens (tertiary/aromatic N) is 1. The van der Waals surface area contributed by atoms with Gasteiger partial charge in [0.1, 0.15) is 10.6 Å². The first kappa shape index (κ1) is 33.1. The van der Waals surface area contributed by atoms with Gasteiger partial charge in [-0.3, -0.25) is 9.59 Å². The fraction of sp³-hybridized carbons (Fsp3) is 0.533. The van der Waals surface area contributed by atoms with E-state index in [2.05, 4.69) is 0 Å². The Kier molecular flexibility index (Phi) is 8.06. The number of rotatable bonds is 5. The molecule has 6 nitrogen and oxygen atoms in total. The van der Waals surface area contributed by atoms with Crippen molar-refractivity contribution >= 4 is 21.7 Å². The number of carboxylic acids is 1. The van der Waals surface area contributed by atoms with Crippen LogP contribution < -0.4 is 0 Å². The third-order valence-corrected chi connectivity index (χ3v) is 12.4. The molecule has 1 N–H and O–H groups in total. The van der Waals surface area contributed by atoms with Gasteiger partial charge in [0.05, 0.1) is 16.9 Å². The predicted molar refractivity (Wildman–Crippen MR) is 143 cm³/mol. The zero-order valence-corrected chi connectivity index (χ0v) is 24.6. The second kappa shape index (κ2) is 10.9. The van der Waals surface area contributed by atoms with E-state index in [-0.39, 0.29) is 67.2 Å². The highest BCUT2D eigenvalue weighted by molar-refractivity contribution is 7.92. The molecule has 1 heterocycles. The molecular formula is C30H29F8NO5S. The van der Waals surface area contributed by atoms with Gasteiger partial charge in [0.25, 0.3) is 0 Å². The molecule has 2 aliphatic carbocycles. The molecule has 5 rings (SSSR count). The van der Waals surface area contributed by atoms with E-state index in [1.807, 2.05) is 0 Å². The molecule has 1 aliphatic heterocycles. The number of hydrogen-bond acceptors (Lipinski definition) is 4. The highest BCUT2D eigenvalue weighted by Crippen LogP contribution is 2.58. The Morgan fingerprint density at radius 3 is 1.96 bits per heavy atom. The first-order valence-electron chi connectivity index (χ1n) is 14.3. The van der Waals surface area contributed by atoms with Gasteiger partial charge in [-0.25, -0.2) is 17.2 Å². The zero-order valence-electron chi connectivity index (χ0n) is 23.8. The van der Waals surface area contributed by atoms with Gasteiger partial charge in [-0.2, -0.15) is 26.3 Å². The quantitative estimate of drug-likeness (QED) is 0.292. The van der Waals surface area contributed by atoms with Crippen molar-refractivity contribution < 1.29 is 58.2 Å². The second-order valence-corrected chi connectivity index (χ2v) is 14.3. The van der Waals surface area contributed by atoms with E-state index in [1.165, 1.54) is 11.8 Å². The van der Waals surface area contributed by atoms with Gasteiger partial charge in [0, 0.05) is 18.0 Å². The molecule has 15 heteroatoms. The van der Waals surface area contributed by atoms with Crippen molar-refractivity contribution in [3.8, 4) is 0 Å². The minimum absolute atomic E-state index is 0.137. The van der Waals surface area contributed by atoms with Gasteiger partial charge < -0.3 is 10.0 Å². The molecule has 1 saturated heterocycles. The van der Waals surface area contributed by atoms with Gasteiger partial charge in [-0.05, 0) is 79.8 Å². The van der Waals surface area contributed by atoms with Crippen molar-refractivity contribution in [1.82, 2.24) is 4.90 Å². The molecule has 45 heavy (non-hydrogen) atoms. The fourth-order valence-corrected chi connectivity index (χ4v) is 10.2. The maximum Gasteiger partial charge on any atom is 0.435 e. The number of carbonyl (C=O) groups excluding carboxylic acids is 1. The Labute approximate surface area is 253 Å². The Bertz CT molecular complexity index is 1590. The van der Waals surface area contributed by atoms with Crippen LogP contribution in [0.25, 0.3) is 0 Å². The Morgan fingerprint density at radius 2 is 1.42 bits per heavy atom. The van der Waals surface area contributed by atoms with Crippen LogP contribution in [0, 0.1) is 23.6 Å². The van der Waals surface area contributed by atoms with Crippen LogP contribution >= 0.6 is 0 Å². The average molecular weight is 668 g/mol. The lowest BCUT2D eigenvalue weighted by Gasteiger charge is -2.45. The van der Waals surface area contributed by atoms with Crippen LogP contribution in [-0.2, 0) is 36.3 Å². The lowest BCUT2D eigenvalue weighted by molar-refractivity contribution is -0.348. The highest BCUT2D eigenvalue weighted by atomic mass is 32.2. The van der Waals surface area contributed by atoms with Crippen molar-refractivity contribution in [2.75, 3.05) is 6.54 Å². The summed E-state index contributed by atoms with van der Waals surface area (Å²) in [4.78, 5) is 26.3. The molecule has 2 unspecified atom stereocenters. The van der Waals surface area contributed by atoms with Gasteiger partial charge in [-0.15, -0.1) is 0 Å². The molecular weight excluding hydrogens is 638 g/mol. The van der Waals surface area contributed by atoms with Gasteiger partial charge in [-0.1, -0.05) is 25.1 Å². The maximum absolute atomic E-state index is 15.0. The molecule has 2 aromatic rings. The zero-order chi connectivity index (χ0) is 33.3. The molecule has 2 aromatic carbocycles. The molecule has 0 spiro atoms. The van der Waals surface area contributed by atoms with Crippen LogP contribution in [0.5, 0.6) is 0 Å². The summed E-state index contributed by atoms with van der Waals surface area (Å²) in [5, 5.41) is 9.33. The number of likely N-dealkylation sites (tertiary alicyclic amines) is 1. The number of hydrogen-bond donors (Lipinski definition) is 1. The van der Waals surface area contributed by atoms with Crippen LogP contribution in [0.4, 0.5) is 35.1 Å². The molecule has 1 saturated carbocycles. The molecule has 3 atom stereocenters. The van der Waals surface area contributed by atoms with E-state index in [4.69, 9.17) is 0 Å². The minimum Gasteiger partial charge on any atom is -0.481 e. The molecule has 0 bridgehead atoms. The number of sulfone groups is 1. The average Bonchev–Trinajstić information content (AvgIpc) is 3.29. The first-order valence-corrected chi connectivity index (χ1v) is 15.8. The van der Waals surface area contributed by atoms with Crippen LogP contribution in [0.3, 0.4) is 0 Å². The lowest BCUT2D eigenvalue weighted by atomic mass is 9.73. The summed E-state index contributed by atoms with van der Waals surface area (Å²) in [5.41, 5.74) is -7.88. The number of aliphatic carboxylic acids is 1. The third kappa shape index (κ3) is 4.91. The summed E-state index contributed by atoms with van der Waals surface area (Å²) in [5.74, 6) is -4.38. The molecule has 2 fully saturated rings. The lowest BCUT2D eigenvalue weighted by Crippen LogP contribution is -2.55. The third-order valence-electron chi connectivity index (χ3n) is 9.74. The second-order valence-electron chi connectivity index (χ2n) is 12.1. The van der Waals surface area contributed by atoms with Crippen LogP contribution in [-0.4, -0.2) is 55.2 Å². The van der Waals surface area contributed by atoms with Crippen LogP contribution in [0.15, 0.2) is 47.4 Å². The molecule has 0 radical (unpaired) electrons. The van der Waals surface area contributed by atoms with E-state index in [1.54, 1.807) is 0 Å². The Balaban J connectivity index is 1.66. The number of carbonyl (C=O) groups is 2. The minimum atomic E-state index is -6.38. The number of halogens is 8. The molecule has 246 valence electrons. The normalized spacial score (nSPS) is 27.5. The topological polar surface area (TPSA) is 91.8 Å². The summed E-state index contributed by atoms with van der Waals surface area (Å²) >= 11 is 0. The van der Waals surface area contributed by atoms with Crippen LogP contribution in [0.1, 0.15) is 55.7 Å². The summed E-state index contributed by atoms with van der Waals surface area (Å²) in [6.07, 6.45) is -12.3. The van der Waals surface area contributed by atoms with Crippen molar-refractivity contribution in [3.63, 3.8) is 0 Å². The molecule has 0 aromatic heterocycles. The molecule has 1 amide bonds. The van der Waals surface area contributed by atoms with Crippen molar-refractivity contribution in [1.29, 1.82) is 0 Å². The van der Waals surface area contributed by atoms with E-state index in [0.29, 0.717) is 6.07 Å². The standard InChI is InChI=1S/C30H29F8NO5S/c1-16-15-39(25(40)17-2-4-18(5-3-17)26(41)42)24-13-6-19-14-20(28(32,29(33,34)35)30(36,37)38)7-12-23(19)27(16,24)45(43,44)22-10-8-21(31)9-11-22/h7-12,14,16-18,24H,2-6,13,15H2,1H3,(H,41,42)/t16-,17-,18-,24?,27?/m1/s1. The monoisotopic (exact) mass is 667 g/mol. The van der Waals surface area contributed by atoms with E-state index >= 15 is 4.39 Å². The fourth-order valence-electron chi connectivity index (χ4n) is 7.57. The molecule has 3 aliphatic rings. The summed E-state index contributed by atoms with van der Waals surface area (Å²) in [6.45, 7) is 1.36. The predicted octanol–water partition coefficient (Wildman–Crippen LogP) is 6.47. The maximum atomic E-state index is 15.0. The Hall–Kier alpha value is -3.23. The van der Waals surface area contributed by atoms with E-state index < -0.39 is 79.7 Å². The van der Waals surface area contributed by atoms with Crippen molar-refractivity contribution in [2.24, 2.45) is 17.8 Å². The largest absolute Gasteiger partial charge is 0.481 e. The smallest absolute Gasteiger partial charge is 0.435 e. The van der Waals surface area contributed by atoms with Gasteiger partial charge in [0.2, 0.25) is 5.91 Å². The van der Waals surface area contributed by atoms with E-state index in [0.717, 1.165) is 30.3 Å². The first-order chi connectivity index (χ1) is 20.8. The number of aryl methyl sites for hydroxylation is 1. The number of carboxylic acid groups (broad SMARTS) is 1.